The maximum atomic E-state index is 5.82. The highest BCUT2D eigenvalue weighted by molar-refractivity contribution is 14.0. The second kappa shape index (κ2) is 10.9. The van der Waals surface area contributed by atoms with Gasteiger partial charge in [-0.25, -0.2) is 4.99 Å². The molecule has 0 bridgehead atoms. The number of halogens is 1. The molecule has 1 atom stereocenters. The number of nitrogens with zero attached hydrogens (tertiary/aromatic N) is 1. The number of aliphatic imine (C=N–C) groups is 1. The van der Waals surface area contributed by atoms with E-state index >= 15 is 0 Å². The van der Waals surface area contributed by atoms with E-state index in [1.165, 1.54) is 11.1 Å². The fourth-order valence-electron chi connectivity index (χ4n) is 2.74. The Labute approximate surface area is 162 Å². The summed E-state index contributed by atoms with van der Waals surface area (Å²) in [4.78, 5) is 4.68. The molecule has 1 aliphatic rings. The first-order valence-electron chi connectivity index (χ1n) is 8.38. The quantitative estimate of drug-likeness (QED) is 0.383. The van der Waals surface area contributed by atoms with E-state index in [0.29, 0.717) is 13.2 Å². The van der Waals surface area contributed by atoms with Crippen LogP contribution in [0.4, 0.5) is 0 Å². The van der Waals surface area contributed by atoms with Crippen molar-refractivity contribution in [3.05, 3.63) is 35.4 Å². The van der Waals surface area contributed by atoms with Gasteiger partial charge in [0.15, 0.2) is 5.96 Å². The predicted molar refractivity (Wildman–Crippen MR) is 109 cm³/mol. The van der Waals surface area contributed by atoms with Gasteiger partial charge in [0.2, 0.25) is 0 Å². The number of ether oxygens (including phenoxy) is 2. The van der Waals surface area contributed by atoms with Crippen LogP contribution in [0.1, 0.15) is 37.8 Å². The molecule has 1 aliphatic heterocycles. The summed E-state index contributed by atoms with van der Waals surface area (Å²) in [7, 11) is 1.71. The Kier molecular flexibility index (Phi) is 9.61. The molecular formula is C18H30IN3O2. The van der Waals surface area contributed by atoms with Gasteiger partial charge in [-0.15, -0.1) is 24.0 Å². The normalized spacial score (nSPS) is 20.5. The number of hydrogen-bond donors (Lipinski definition) is 2. The fraction of sp³-hybridized carbons (Fsp3) is 0.611. The summed E-state index contributed by atoms with van der Waals surface area (Å²) in [5.74, 6) is 0.835. The molecule has 24 heavy (non-hydrogen) atoms. The van der Waals surface area contributed by atoms with Crippen molar-refractivity contribution < 1.29 is 9.47 Å². The number of benzene rings is 1. The molecular weight excluding hydrogens is 417 g/mol. The summed E-state index contributed by atoms with van der Waals surface area (Å²) < 4.78 is 11.0. The van der Waals surface area contributed by atoms with Crippen molar-refractivity contribution in [2.45, 2.75) is 45.4 Å². The molecule has 2 N–H and O–H groups in total. The van der Waals surface area contributed by atoms with Gasteiger partial charge in [-0.3, -0.25) is 0 Å². The first-order chi connectivity index (χ1) is 11.1. The van der Waals surface area contributed by atoms with Crippen molar-refractivity contribution in [2.24, 2.45) is 4.99 Å². The van der Waals surface area contributed by atoms with Gasteiger partial charge in [0.05, 0.1) is 18.8 Å². The molecule has 0 aliphatic carbocycles. The van der Waals surface area contributed by atoms with Crippen molar-refractivity contribution in [1.29, 1.82) is 0 Å². The zero-order chi connectivity index (χ0) is 16.5. The second-order valence-corrected chi connectivity index (χ2v) is 6.20. The van der Waals surface area contributed by atoms with E-state index in [2.05, 4.69) is 47.7 Å². The molecule has 1 saturated heterocycles. The summed E-state index contributed by atoms with van der Waals surface area (Å²) in [6, 6.07) is 8.34. The zero-order valence-electron chi connectivity index (χ0n) is 14.9. The van der Waals surface area contributed by atoms with Crippen molar-refractivity contribution in [2.75, 3.05) is 26.8 Å². The van der Waals surface area contributed by atoms with Gasteiger partial charge in [0.25, 0.3) is 0 Å². The van der Waals surface area contributed by atoms with Gasteiger partial charge in [-0.1, -0.05) is 24.3 Å². The van der Waals surface area contributed by atoms with Gasteiger partial charge >= 0.3 is 0 Å². The molecule has 5 nitrogen and oxygen atoms in total. The highest BCUT2D eigenvalue weighted by Gasteiger charge is 2.29. The molecule has 1 aromatic rings. The number of nitrogens with one attached hydrogen (secondary N) is 2. The van der Waals surface area contributed by atoms with E-state index in [1.54, 1.807) is 7.11 Å². The molecule has 1 unspecified atom stereocenters. The summed E-state index contributed by atoms with van der Waals surface area (Å²) >= 11 is 0. The lowest BCUT2D eigenvalue weighted by Crippen LogP contribution is -2.45. The van der Waals surface area contributed by atoms with Crippen LogP contribution >= 0.6 is 24.0 Å². The van der Waals surface area contributed by atoms with Crippen molar-refractivity contribution in [3.63, 3.8) is 0 Å². The molecule has 0 aromatic heterocycles. The minimum atomic E-state index is -0.0748. The van der Waals surface area contributed by atoms with E-state index in [0.717, 1.165) is 38.5 Å². The maximum absolute atomic E-state index is 5.82. The van der Waals surface area contributed by atoms with Crippen LogP contribution in [0.25, 0.3) is 0 Å². The van der Waals surface area contributed by atoms with Crippen LogP contribution in [0.5, 0.6) is 0 Å². The molecule has 6 heteroatoms. The Morgan fingerprint density at radius 3 is 2.79 bits per heavy atom. The Morgan fingerprint density at radius 1 is 1.33 bits per heavy atom. The average molecular weight is 447 g/mol. The van der Waals surface area contributed by atoms with Crippen LogP contribution in [-0.2, 0) is 22.6 Å². The van der Waals surface area contributed by atoms with Crippen LogP contribution in [-0.4, -0.2) is 38.4 Å². The SMILES string of the molecule is CCNC(=NCc1cccc(COC)c1)NCC1(C)CCCO1.I. The lowest BCUT2D eigenvalue weighted by atomic mass is 10.0. The Bertz CT molecular complexity index is 517. The molecule has 136 valence electrons. The Hall–Kier alpha value is -0.860. The number of rotatable bonds is 7. The highest BCUT2D eigenvalue weighted by Crippen LogP contribution is 2.23. The van der Waals surface area contributed by atoms with Gasteiger partial charge in [0.1, 0.15) is 0 Å². The Balaban J connectivity index is 0.00000288. The van der Waals surface area contributed by atoms with Crippen LogP contribution in [0, 0.1) is 0 Å². The number of guanidine groups is 1. The van der Waals surface area contributed by atoms with Gasteiger partial charge in [-0.2, -0.15) is 0 Å². The van der Waals surface area contributed by atoms with E-state index in [4.69, 9.17) is 9.47 Å². The molecule has 1 heterocycles. The monoisotopic (exact) mass is 447 g/mol. The summed E-state index contributed by atoms with van der Waals surface area (Å²) in [6.45, 7) is 7.98. The van der Waals surface area contributed by atoms with Gasteiger partial charge in [-0.05, 0) is 37.8 Å². The largest absolute Gasteiger partial charge is 0.380 e. The zero-order valence-corrected chi connectivity index (χ0v) is 17.3. The first-order valence-corrected chi connectivity index (χ1v) is 8.38. The average Bonchev–Trinajstić information content (AvgIpc) is 2.98. The molecule has 1 aromatic carbocycles. The lowest BCUT2D eigenvalue weighted by Gasteiger charge is -2.24. The molecule has 0 amide bonds. The van der Waals surface area contributed by atoms with Gasteiger partial charge in [0, 0.05) is 26.8 Å². The first kappa shape index (κ1) is 21.2. The third-order valence-electron chi connectivity index (χ3n) is 4.00. The molecule has 1 fully saturated rings. The maximum Gasteiger partial charge on any atom is 0.191 e. The third-order valence-corrected chi connectivity index (χ3v) is 4.00. The van der Waals surface area contributed by atoms with Crippen molar-refractivity contribution in [3.8, 4) is 0 Å². The van der Waals surface area contributed by atoms with Crippen LogP contribution in [0.3, 0.4) is 0 Å². The van der Waals surface area contributed by atoms with Crippen LogP contribution < -0.4 is 10.6 Å². The third kappa shape index (κ3) is 6.94. The van der Waals surface area contributed by atoms with E-state index in [9.17, 15) is 0 Å². The number of methoxy groups -OCH3 is 1. The Morgan fingerprint density at radius 2 is 2.12 bits per heavy atom. The predicted octanol–water partition coefficient (Wildman–Crippen LogP) is 3.08. The standard InChI is InChI=1S/C18H29N3O2.HI/c1-4-19-17(21-14-18(2)9-6-10-23-18)20-12-15-7-5-8-16(11-15)13-22-3;/h5,7-8,11H,4,6,9-10,12-14H2,1-3H3,(H2,19,20,21);1H. The summed E-state index contributed by atoms with van der Waals surface area (Å²) in [5.41, 5.74) is 2.28. The molecule has 0 saturated carbocycles. The van der Waals surface area contributed by atoms with E-state index in [-0.39, 0.29) is 29.6 Å². The molecule has 2 rings (SSSR count). The topological polar surface area (TPSA) is 54.9 Å². The smallest absolute Gasteiger partial charge is 0.191 e. The summed E-state index contributed by atoms with van der Waals surface area (Å²) in [5, 5.41) is 6.69. The lowest BCUT2D eigenvalue weighted by molar-refractivity contribution is 0.0243. The minimum Gasteiger partial charge on any atom is -0.380 e. The van der Waals surface area contributed by atoms with E-state index < -0.39 is 0 Å². The van der Waals surface area contributed by atoms with E-state index in [1.807, 2.05) is 6.07 Å². The van der Waals surface area contributed by atoms with Crippen LogP contribution in [0.2, 0.25) is 0 Å². The summed E-state index contributed by atoms with van der Waals surface area (Å²) in [6.07, 6.45) is 2.23. The molecule has 0 spiro atoms. The molecule has 0 radical (unpaired) electrons. The minimum absolute atomic E-state index is 0. The second-order valence-electron chi connectivity index (χ2n) is 6.20. The van der Waals surface area contributed by atoms with Crippen molar-refractivity contribution >= 4 is 29.9 Å². The fourth-order valence-corrected chi connectivity index (χ4v) is 2.74. The van der Waals surface area contributed by atoms with Gasteiger partial charge < -0.3 is 20.1 Å². The van der Waals surface area contributed by atoms with Crippen molar-refractivity contribution in [1.82, 2.24) is 10.6 Å². The number of hydrogen-bond acceptors (Lipinski definition) is 3. The van der Waals surface area contributed by atoms with Crippen LogP contribution in [0.15, 0.2) is 29.3 Å². The highest BCUT2D eigenvalue weighted by atomic mass is 127.